The molecule has 0 N–H and O–H groups in total. The molecule has 1 fully saturated rings. The first-order valence-electron chi connectivity index (χ1n) is 8.10. The Morgan fingerprint density at radius 1 is 1.08 bits per heavy atom. The van der Waals surface area contributed by atoms with E-state index in [2.05, 4.69) is 0 Å². The zero-order valence-electron chi connectivity index (χ0n) is 14.2. The summed E-state index contributed by atoms with van der Waals surface area (Å²) in [5.74, 6) is 0.210. The van der Waals surface area contributed by atoms with E-state index in [0.717, 1.165) is 5.69 Å². The Kier molecular flexibility index (Phi) is 3.52. The highest BCUT2D eigenvalue weighted by Gasteiger charge is 2.62. The molecular formula is C19H16N2O4S. The van der Waals surface area contributed by atoms with E-state index in [9.17, 15) is 10.1 Å². The van der Waals surface area contributed by atoms with Gasteiger partial charge in [-0.3, -0.25) is 15.0 Å². The minimum atomic E-state index is -1.13. The molecule has 26 heavy (non-hydrogen) atoms. The second-order valence-electron chi connectivity index (χ2n) is 6.63. The number of benzene rings is 2. The summed E-state index contributed by atoms with van der Waals surface area (Å²) in [6.07, 6.45) is 3.67. The first kappa shape index (κ1) is 16.5. The maximum Gasteiger partial charge on any atom is 0.311 e. The van der Waals surface area contributed by atoms with Gasteiger partial charge >= 0.3 is 5.69 Å². The first-order valence-corrected chi connectivity index (χ1v) is 8.50. The van der Waals surface area contributed by atoms with Gasteiger partial charge in [-0.25, -0.2) is 0 Å². The summed E-state index contributed by atoms with van der Waals surface area (Å²) in [5, 5.41) is 11.7. The highest BCUT2D eigenvalue weighted by molar-refractivity contribution is 7.80. The Labute approximate surface area is 155 Å². The largest absolute Gasteiger partial charge is 0.458 e. The second kappa shape index (κ2) is 5.54. The van der Waals surface area contributed by atoms with Gasteiger partial charge in [-0.2, -0.15) is 0 Å². The van der Waals surface area contributed by atoms with E-state index in [1.807, 2.05) is 56.3 Å². The van der Waals surface area contributed by atoms with Gasteiger partial charge in [0.2, 0.25) is 11.5 Å². The Morgan fingerprint density at radius 2 is 1.81 bits per heavy atom. The van der Waals surface area contributed by atoms with E-state index in [1.165, 1.54) is 6.07 Å². The molecule has 132 valence electrons. The van der Waals surface area contributed by atoms with Gasteiger partial charge in [0.25, 0.3) is 5.17 Å². The molecule has 2 aliphatic heterocycles. The molecule has 4 rings (SSSR count). The van der Waals surface area contributed by atoms with Gasteiger partial charge in [0.05, 0.1) is 4.92 Å². The Morgan fingerprint density at radius 3 is 2.50 bits per heavy atom. The van der Waals surface area contributed by atoms with Crippen LogP contribution in [0.2, 0.25) is 0 Å². The van der Waals surface area contributed by atoms with Gasteiger partial charge in [-0.15, -0.1) is 0 Å². The zero-order chi connectivity index (χ0) is 18.5. The highest BCUT2D eigenvalue weighted by atomic mass is 32.1. The fraction of sp³-hybridized carbons (Fsp3) is 0.211. The van der Waals surface area contributed by atoms with Gasteiger partial charge in [-0.05, 0) is 50.4 Å². The molecule has 1 atom stereocenters. The van der Waals surface area contributed by atoms with Crippen LogP contribution < -0.4 is 9.64 Å². The predicted molar refractivity (Wildman–Crippen MR) is 102 cm³/mol. The van der Waals surface area contributed by atoms with E-state index in [4.69, 9.17) is 21.7 Å². The van der Waals surface area contributed by atoms with Crippen molar-refractivity contribution in [1.82, 2.24) is 0 Å². The van der Waals surface area contributed by atoms with E-state index in [-0.39, 0.29) is 16.6 Å². The number of thiocarbonyl (C=S) groups is 1. The van der Waals surface area contributed by atoms with Crippen LogP contribution in [0.5, 0.6) is 5.75 Å². The Balaban J connectivity index is 1.92. The van der Waals surface area contributed by atoms with Crippen molar-refractivity contribution in [2.75, 3.05) is 4.90 Å². The molecule has 2 heterocycles. The van der Waals surface area contributed by atoms with Gasteiger partial charge in [0, 0.05) is 17.3 Å². The van der Waals surface area contributed by atoms with Crippen molar-refractivity contribution in [3.05, 3.63) is 70.3 Å². The lowest BCUT2D eigenvalue weighted by atomic mass is 9.90. The summed E-state index contributed by atoms with van der Waals surface area (Å²) >= 11 is 5.46. The molecule has 1 saturated heterocycles. The molecule has 2 aromatic carbocycles. The van der Waals surface area contributed by atoms with Gasteiger partial charge < -0.3 is 9.47 Å². The fourth-order valence-corrected chi connectivity index (χ4v) is 3.83. The lowest BCUT2D eigenvalue weighted by Gasteiger charge is -2.42. The molecule has 0 amide bonds. The predicted octanol–water partition coefficient (Wildman–Crippen LogP) is 4.30. The number of fused-ring (bicyclic) bond motifs is 1. The second-order valence-corrected chi connectivity index (χ2v) is 6.98. The quantitative estimate of drug-likeness (QED) is 0.447. The number of hydrogen-bond acceptors (Lipinski definition) is 5. The molecule has 2 aliphatic rings. The number of ether oxygens (including phenoxy) is 2. The number of hydrogen-bond donors (Lipinski definition) is 0. The lowest BCUT2D eigenvalue weighted by Crippen LogP contribution is -2.60. The van der Waals surface area contributed by atoms with E-state index < -0.39 is 16.2 Å². The molecule has 6 nitrogen and oxygen atoms in total. The third-order valence-corrected chi connectivity index (χ3v) is 4.97. The van der Waals surface area contributed by atoms with Crippen LogP contribution >= 0.6 is 12.2 Å². The minimum absolute atomic E-state index is 0.0899. The van der Waals surface area contributed by atoms with Crippen LogP contribution in [-0.4, -0.2) is 21.4 Å². The lowest BCUT2D eigenvalue weighted by molar-refractivity contribution is -0.386. The molecule has 0 radical (unpaired) electrons. The maximum absolute atomic E-state index is 11.5. The summed E-state index contributed by atoms with van der Waals surface area (Å²) in [7, 11) is 0. The summed E-state index contributed by atoms with van der Waals surface area (Å²) < 4.78 is 12.2. The van der Waals surface area contributed by atoms with Crippen molar-refractivity contribution >= 4 is 34.8 Å². The van der Waals surface area contributed by atoms with Crippen molar-refractivity contribution in [2.24, 2.45) is 0 Å². The number of nitrogens with zero attached hydrogens (tertiary/aromatic N) is 2. The van der Waals surface area contributed by atoms with Crippen LogP contribution in [0.1, 0.15) is 19.4 Å². The van der Waals surface area contributed by atoms with Crippen LogP contribution in [0.4, 0.5) is 11.4 Å². The van der Waals surface area contributed by atoms with Crippen LogP contribution in [0.3, 0.4) is 0 Å². The first-order chi connectivity index (χ1) is 12.4. The number of para-hydroxylation sites is 2. The molecule has 0 aromatic heterocycles. The molecule has 0 saturated carbocycles. The van der Waals surface area contributed by atoms with Gasteiger partial charge in [0.1, 0.15) is 0 Å². The smallest absolute Gasteiger partial charge is 0.311 e. The molecule has 7 heteroatoms. The summed E-state index contributed by atoms with van der Waals surface area (Å²) in [5.41, 5.74) is -0.656. The average molecular weight is 368 g/mol. The van der Waals surface area contributed by atoms with Crippen LogP contribution in [0.15, 0.2) is 54.6 Å². The minimum Gasteiger partial charge on any atom is -0.458 e. The van der Waals surface area contributed by atoms with E-state index in [0.29, 0.717) is 5.56 Å². The topological polar surface area (TPSA) is 64.8 Å². The molecular weight excluding hydrogens is 352 g/mol. The molecule has 0 aliphatic carbocycles. The maximum atomic E-state index is 11.5. The third-order valence-electron chi connectivity index (χ3n) is 4.70. The normalized spacial score (nSPS) is 22.7. The number of nitro groups is 1. The van der Waals surface area contributed by atoms with Crippen molar-refractivity contribution < 1.29 is 14.4 Å². The highest BCUT2D eigenvalue weighted by Crippen LogP contribution is 2.49. The van der Waals surface area contributed by atoms with Crippen LogP contribution in [-0.2, 0) is 4.74 Å². The Bertz CT molecular complexity index is 942. The summed E-state index contributed by atoms with van der Waals surface area (Å²) in [4.78, 5) is 12.8. The number of nitro benzene ring substituents is 1. The molecule has 2 aromatic rings. The van der Waals surface area contributed by atoms with E-state index in [1.54, 1.807) is 17.0 Å². The standard InChI is InChI=1S/C19H16N2O4S/c1-18(2)19(20(17(26)25-18)14-8-4-3-5-9-14)12-11-13-7-6-10-15(21(22)23)16(13)24-19/h3-12H,1-2H3. The van der Waals surface area contributed by atoms with Crippen molar-refractivity contribution in [1.29, 1.82) is 0 Å². The third kappa shape index (κ3) is 2.20. The number of rotatable bonds is 2. The van der Waals surface area contributed by atoms with Gasteiger partial charge in [-0.1, -0.05) is 30.3 Å². The molecule has 1 unspecified atom stereocenters. The van der Waals surface area contributed by atoms with Crippen molar-refractivity contribution in [3.63, 3.8) is 0 Å². The van der Waals surface area contributed by atoms with Gasteiger partial charge in [0.15, 0.2) is 5.60 Å². The SMILES string of the molecule is CC1(C)OC(=S)N(c2ccccc2)C12C=Cc1cccc([N+](=O)[O-])c1O2. The molecule has 0 bridgehead atoms. The Hall–Kier alpha value is -2.93. The number of anilines is 1. The van der Waals surface area contributed by atoms with Crippen LogP contribution in [0.25, 0.3) is 6.08 Å². The van der Waals surface area contributed by atoms with Crippen molar-refractivity contribution in [2.45, 2.75) is 25.2 Å². The fourth-order valence-electron chi connectivity index (χ4n) is 3.38. The monoisotopic (exact) mass is 368 g/mol. The van der Waals surface area contributed by atoms with E-state index >= 15 is 0 Å². The summed E-state index contributed by atoms with van der Waals surface area (Å²) in [6.45, 7) is 3.71. The molecule has 1 spiro atoms. The van der Waals surface area contributed by atoms with Crippen molar-refractivity contribution in [3.8, 4) is 5.75 Å². The average Bonchev–Trinajstić information content (AvgIpc) is 2.79. The zero-order valence-corrected chi connectivity index (χ0v) is 15.0. The van der Waals surface area contributed by atoms with Crippen LogP contribution in [0, 0.1) is 10.1 Å². The summed E-state index contributed by atoms with van der Waals surface area (Å²) in [6, 6.07) is 14.3.